The molecule has 0 rings (SSSR count). The average molecular weight is 170 g/mol. The van der Waals surface area contributed by atoms with Crippen LogP contribution in [0.5, 0.6) is 0 Å². The molecule has 0 spiro atoms. The maximum absolute atomic E-state index is 1.44. The van der Waals surface area contributed by atoms with Crippen LogP contribution in [-0.2, 0) is 34.4 Å². The normalized spacial score (nSPS) is 3.00. The number of hydrogen-bond acceptors (Lipinski definition) is 0. The van der Waals surface area contributed by atoms with Crippen molar-refractivity contribution in [1.29, 1.82) is 0 Å². The first-order valence-corrected chi connectivity index (χ1v) is 9.00. The van der Waals surface area contributed by atoms with E-state index in [0.717, 1.165) is 0 Å². The van der Waals surface area contributed by atoms with Gasteiger partial charge in [0.1, 0.15) is 0 Å². The van der Waals surface area contributed by atoms with E-state index in [1.807, 2.05) is 0 Å². The van der Waals surface area contributed by atoms with Crippen molar-refractivity contribution in [1.82, 2.24) is 0 Å². The molecule has 0 N–H and O–H groups in total. The topological polar surface area (TPSA) is 0 Å². The summed E-state index contributed by atoms with van der Waals surface area (Å²) in [5, 5.41) is 0. The molecular formula is H6CrFeSi2. The second kappa shape index (κ2) is 24.7. The Balaban J connectivity index is -0.00000000500. The predicted octanol–water partition coefficient (Wildman–Crippen LogP) is -2.37. The van der Waals surface area contributed by atoms with Gasteiger partial charge in [-0.25, -0.2) is 0 Å². The summed E-state index contributed by atoms with van der Waals surface area (Å²) in [7, 11) is 2.89. The zero-order valence-corrected chi connectivity index (χ0v) is 9.14. The predicted molar refractivity (Wildman–Crippen MR) is 19.9 cm³/mol. The Labute approximate surface area is 54.0 Å². The Morgan fingerprint density at radius 1 is 1.00 bits per heavy atom. The molecule has 0 saturated carbocycles. The third-order valence-electron chi connectivity index (χ3n) is 0. The van der Waals surface area contributed by atoms with Crippen molar-refractivity contribution in [3.8, 4) is 0 Å². The van der Waals surface area contributed by atoms with Crippen molar-refractivity contribution in [2.75, 3.05) is 0 Å². The molecule has 0 saturated heterocycles. The third kappa shape index (κ3) is 9.76. The fourth-order valence-corrected chi connectivity index (χ4v) is 0. The quantitative estimate of drug-likeness (QED) is 0.356. The molecule has 0 bridgehead atoms. The van der Waals surface area contributed by atoms with E-state index in [9.17, 15) is 0 Å². The van der Waals surface area contributed by atoms with Crippen LogP contribution in [0.1, 0.15) is 0 Å². The van der Waals surface area contributed by atoms with Crippen molar-refractivity contribution in [3.63, 3.8) is 0 Å². The standard InChI is InChI=1S/Cr.Fe.H6Si2/c;;1-2/h;;1-2H3. The van der Waals surface area contributed by atoms with Crippen molar-refractivity contribution in [2.24, 2.45) is 0 Å². The minimum absolute atomic E-state index is 0. The summed E-state index contributed by atoms with van der Waals surface area (Å²) < 4.78 is 0. The van der Waals surface area contributed by atoms with Gasteiger partial charge in [0.05, 0.1) is 0 Å². The molecular weight excluding hydrogens is 164 g/mol. The molecule has 0 aliphatic rings. The Morgan fingerprint density at radius 3 is 1.00 bits per heavy atom. The van der Waals surface area contributed by atoms with Gasteiger partial charge in [-0.1, -0.05) is 0 Å². The summed E-state index contributed by atoms with van der Waals surface area (Å²) in [6.45, 7) is 0. The fraction of sp³-hybridized carbons (Fsp3) is 0. The van der Waals surface area contributed by atoms with Gasteiger partial charge in [0, 0.05) is 34.4 Å². The van der Waals surface area contributed by atoms with E-state index >= 15 is 0 Å². The average Bonchev–Trinajstić information content (AvgIpc) is 1.00. The summed E-state index contributed by atoms with van der Waals surface area (Å²) in [4.78, 5) is 0. The minimum atomic E-state index is 0. The molecule has 0 fully saturated rings. The van der Waals surface area contributed by atoms with E-state index in [2.05, 4.69) is 0 Å². The Kier molecular flexibility index (Phi) is 110. The zero-order valence-electron chi connectivity index (χ0n) is 2.76. The summed E-state index contributed by atoms with van der Waals surface area (Å²) in [6.07, 6.45) is 0. The third-order valence-corrected chi connectivity index (χ3v) is 0. The van der Waals surface area contributed by atoms with Crippen molar-refractivity contribution in [3.05, 3.63) is 0 Å². The van der Waals surface area contributed by atoms with E-state index in [1.54, 1.807) is 0 Å². The molecule has 0 aromatic rings. The fourth-order valence-electron chi connectivity index (χ4n) is 0. The molecule has 0 amide bonds. The molecule has 0 nitrogen and oxygen atoms in total. The van der Waals surface area contributed by atoms with Crippen LogP contribution in [0.4, 0.5) is 0 Å². The first-order chi connectivity index (χ1) is 1.00. The van der Waals surface area contributed by atoms with E-state index < -0.39 is 0 Å². The maximum atomic E-state index is 1.44. The van der Waals surface area contributed by atoms with Gasteiger partial charge in [-0.05, 0) is 19.5 Å². The van der Waals surface area contributed by atoms with Crippen LogP contribution in [0.25, 0.3) is 0 Å². The van der Waals surface area contributed by atoms with Crippen LogP contribution in [0.3, 0.4) is 0 Å². The maximum Gasteiger partial charge on any atom is 0 e. The molecule has 0 aromatic heterocycles. The SMILES string of the molecule is [Cr].[Fe].[SiH3][SiH3]. The zero-order chi connectivity index (χ0) is 2.00. The Hall–Kier alpha value is 1.49. The van der Waals surface area contributed by atoms with Gasteiger partial charge in [0.15, 0.2) is 0 Å². The first-order valence-electron chi connectivity index (χ1n) is 1.00. The van der Waals surface area contributed by atoms with Gasteiger partial charge < -0.3 is 0 Å². The first kappa shape index (κ1) is 17.9. The monoisotopic (exact) mass is 170 g/mol. The van der Waals surface area contributed by atoms with Crippen LogP contribution in [0, 0.1) is 0 Å². The van der Waals surface area contributed by atoms with E-state index in [4.69, 9.17) is 0 Å². The van der Waals surface area contributed by atoms with E-state index in [-0.39, 0.29) is 34.4 Å². The molecule has 4 heteroatoms. The van der Waals surface area contributed by atoms with Gasteiger partial charge in [0.2, 0.25) is 0 Å². The summed E-state index contributed by atoms with van der Waals surface area (Å²) in [5.41, 5.74) is 0. The Morgan fingerprint density at radius 2 is 1.00 bits per heavy atom. The van der Waals surface area contributed by atoms with Crippen LogP contribution in [-0.4, -0.2) is 19.5 Å². The second-order valence-corrected chi connectivity index (χ2v) is 0. The number of hydrogen-bond donors (Lipinski definition) is 0. The van der Waals surface area contributed by atoms with Gasteiger partial charge >= 0.3 is 0 Å². The van der Waals surface area contributed by atoms with Crippen molar-refractivity contribution in [2.45, 2.75) is 0 Å². The molecule has 0 aliphatic carbocycles. The molecule has 0 heterocycles. The minimum Gasteiger partial charge on any atom is -0.0125 e. The van der Waals surface area contributed by atoms with Gasteiger partial charge in [-0.3, -0.25) is 0 Å². The summed E-state index contributed by atoms with van der Waals surface area (Å²) in [6, 6.07) is 0. The largest absolute Gasteiger partial charge is 0.0125 e. The molecule has 4 heavy (non-hydrogen) atoms. The molecule has 28 valence electrons. The van der Waals surface area contributed by atoms with Gasteiger partial charge in [-0.15, -0.1) is 0 Å². The van der Waals surface area contributed by atoms with Crippen LogP contribution in [0.15, 0.2) is 0 Å². The van der Waals surface area contributed by atoms with Crippen LogP contribution >= 0.6 is 0 Å². The van der Waals surface area contributed by atoms with Crippen LogP contribution < -0.4 is 0 Å². The van der Waals surface area contributed by atoms with Crippen molar-refractivity contribution >= 4 is 19.5 Å². The molecule has 0 atom stereocenters. The van der Waals surface area contributed by atoms with Crippen molar-refractivity contribution < 1.29 is 34.4 Å². The molecule has 0 aromatic carbocycles. The smallest absolute Gasteiger partial charge is 0 e. The van der Waals surface area contributed by atoms with E-state index in [0.29, 0.717) is 0 Å². The molecule has 0 aliphatic heterocycles. The number of rotatable bonds is 0. The second-order valence-electron chi connectivity index (χ2n) is 0. The molecule has 0 unspecified atom stereocenters. The summed E-state index contributed by atoms with van der Waals surface area (Å²) >= 11 is 0. The van der Waals surface area contributed by atoms with E-state index in [1.165, 1.54) is 19.5 Å². The van der Waals surface area contributed by atoms with Crippen LogP contribution in [0.2, 0.25) is 0 Å². The summed E-state index contributed by atoms with van der Waals surface area (Å²) in [5.74, 6) is 0. The Bertz CT molecular complexity index is 6.00. The molecule has 0 radical (unpaired) electrons. The van der Waals surface area contributed by atoms with Gasteiger partial charge in [0.25, 0.3) is 0 Å². The van der Waals surface area contributed by atoms with Gasteiger partial charge in [-0.2, -0.15) is 0 Å².